The lowest BCUT2D eigenvalue weighted by Gasteiger charge is -2.31. The molecule has 0 radical (unpaired) electrons. The third kappa shape index (κ3) is 5.17. The number of nitrogens with one attached hydrogen (secondary N) is 1. The van der Waals surface area contributed by atoms with Gasteiger partial charge in [0, 0.05) is 29.3 Å². The van der Waals surface area contributed by atoms with Gasteiger partial charge in [0.05, 0.1) is 18.2 Å². The highest BCUT2D eigenvalue weighted by Gasteiger charge is 2.30. The van der Waals surface area contributed by atoms with Crippen LogP contribution in [0.2, 0.25) is 0 Å². The van der Waals surface area contributed by atoms with E-state index in [0.29, 0.717) is 12.6 Å². The maximum absolute atomic E-state index is 10.3. The van der Waals surface area contributed by atoms with E-state index in [1.165, 1.54) is 6.42 Å². The van der Waals surface area contributed by atoms with Gasteiger partial charge in [0.1, 0.15) is 30.0 Å². The van der Waals surface area contributed by atoms with Crippen LogP contribution in [0.25, 0.3) is 22.4 Å². The molecule has 3 heterocycles. The van der Waals surface area contributed by atoms with Crippen LogP contribution in [0.15, 0.2) is 79.3 Å². The average molecular weight is 522 g/mol. The van der Waals surface area contributed by atoms with Crippen LogP contribution in [-0.4, -0.2) is 45.7 Å². The summed E-state index contributed by atoms with van der Waals surface area (Å²) in [4.78, 5) is 9.86. The second kappa shape index (κ2) is 10.6. The largest absolute Gasteiger partial charge is 0.508 e. The molecule has 2 N–H and O–H groups in total. The number of hydrogen-bond donors (Lipinski definition) is 2. The van der Waals surface area contributed by atoms with Crippen molar-refractivity contribution in [2.45, 2.75) is 39.3 Å². The molecular weight excluding hydrogens is 486 g/mol. The fourth-order valence-electron chi connectivity index (χ4n) is 5.74. The molecule has 0 amide bonds. The number of imidazole rings is 1. The van der Waals surface area contributed by atoms with Crippen molar-refractivity contribution in [3.8, 4) is 28.5 Å². The zero-order chi connectivity index (χ0) is 26.9. The van der Waals surface area contributed by atoms with Crippen molar-refractivity contribution in [2.24, 2.45) is 5.92 Å². The number of benzene rings is 3. The van der Waals surface area contributed by atoms with Crippen LogP contribution in [0.1, 0.15) is 50.0 Å². The summed E-state index contributed by atoms with van der Waals surface area (Å²) < 4.78 is 12.8. The molecule has 3 aromatic carbocycles. The molecule has 200 valence electrons. The molecule has 0 bridgehead atoms. The second-order valence-electron chi connectivity index (χ2n) is 10.9. The molecule has 6 heteroatoms. The Morgan fingerprint density at radius 3 is 2.67 bits per heavy atom. The molecule has 4 aromatic rings. The summed E-state index contributed by atoms with van der Waals surface area (Å²) in [5.41, 5.74) is 7.14. The van der Waals surface area contributed by atoms with Crippen LogP contribution in [0.3, 0.4) is 0 Å². The number of aromatic nitrogens is 2. The number of allylic oxidation sites excluding steroid dienone is 1. The number of phenols is 1. The maximum Gasteiger partial charge on any atom is 0.150 e. The number of hydrogen-bond acceptors (Lipinski definition) is 5. The first-order valence-electron chi connectivity index (χ1n) is 13.7. The molecule has 2 aliphatic heterocycles. The van der Waals surface area contributed by atoms with Gasteiger partial charge < -0.3 is 19.6 Å². The Kier molecular flexibility index (Phi) is 6.88. The molecule has 1 fully saturated rings. The summed E-state index contributed by atoms with van der Waals surface area (Å²) in [6, 6.07) is 22.2. The van der Waals surface area contributed by atoms with E-state index < -0.39 is 0 Å². The normalized spacial score (nSPS) is 20.0. The molecule has 0 aliphatic carbocycles. The second-order valence-corrected chi connectivity index (χ2v) is 10.9. The quantitative estimate of drug-likeness (QED) is 0.275. The van der Waals surface area contributed by atoms with E-state index in [1.54, 1.807) is 18.5 Å². The molecular formula is C33H35N3O3. The predicted octanol–water partition coefficient (Wildman–Crippen LogP) is 6.96. The van der Waals surface area contributed by atoms with Crippen molar-refractivity contribution in [1.82, 2.24) is 14.9 Å². The Hall–Kier alpha value is -4.03. The van der Waals surface area contributed by atoms with E-state index in [9.17, 15) is 5.11 Å². The SMILES string of the molecule is CC1=C(c2cccc(O)c2)C(c2ccc(OC[C@H](C)N3CC[C@@H](C)C3)cc2)Oc2ccc(-c3cnc[nH]3)cc21. The lowest BCUT2D eigenvalue weighted by Crippen LogP contribution is -2.35. The minimum absolute atomic E-state index is 0.230. The van der Waals surface area contributed by atoms with Crippen LogP contribution >= 0.6 is 0 Å². The number of fused-ring (bicyclic) bond motifs is 1. The Morgan fingerprint density at radius 1 is 1.10 bits per heavy atom. The lowest BCUT2D eigenvalue weighted by molar-refractivity contribution is 0.169. The Bertz CT molecular complexity index is 1480. The number of phenolic OH excluding ortho intramolecular Hbond substituents is 1. The lowest BCUT2D eigenvalue weighted by atomic mass is 9.85. The van der Waals surface area contributed by atoms with E-state index in [4.69, 9.17) is 9.47 Å². The third-order valence-electron chi connectivity index (χ3n) is 8.01. The fraction of sp³-hybridized carbons (Fsp3) is 0.303. The van der Waals surface area contributed by atoms with Crippen molar-refractivity contribution in [2.75, 3.05) is 19.7 Å². The van der Waals surface area contributed by atoms with Crippen LogP contribution in [-0.2, 0) is 0 Å². The Morgan fingerprint density at radius 2 is 1.95 bits per heavy atom. The number of rotatable bonds is 7. The maximum atomic E-state index is 10.3. The highest BCUT2D eigenvalue weighted by atomic mass is 16.5. The summed E-state index contributed by atoms with van der Waals surface area (Å²) in [5, 5.41) is 10.3. The van der Waals surface area contributed by atoms with Gasteiger partial charge in [-0.25, -0.2) is 4.98 Å². The topological polar surface area (TPSA) is 70.6 Å². The monoisotopic (exact) mass is 521 g/mol. The van der Waals surface area contributed by atoms with Crippen LogP contribution in [0.5, 0.6) is 17.2 Å². The van der Waals surface area contributed by atoms with Gasteiger partial charge in [-0.05, 0) is 91.9 Å². The van der Waals surface area contributed by atoms with Crippen LogP contribution in [0, 0.1) is 5.92 Å². The molecule has 1 unspecified atom stereocenters. The van der Waals surface area contributed by atoms with E-state index >= 15 is 0 Å². The Labute approximate surface area is 229 Å². The molecule has 1 aromatic heterocycles. The molecule has 6 nitrogen and oxygen atoms in total. The fourth-order valence-corrected chi connectivity index (χ4v) is 5.74. The number of ether oxygens (including phenoxy) is 2. The number of aromatic amines is 1. The van der Waals surface area contributed by atoms with Gasteiger partial charge in [-0.15, -0.1) is 0 Å². The highest BCUT2D eigenvalue weighted by molar-refractivity contribution is 5.96. The highest BCUT2D eigenvalue weighted by Crippen LogP contribution is 2.47. The summed E-state index contributed by atoms with van der Waals surface area (Å²) in [7, 11) is 0. The van der Waals surface area contributed by atoms with Gasteiger partial charge in [-0.2, -0.15) is 0 Å². The smallest absolute Gasteiger partial charge is 0.150 e. The molecule has 1 saturated heterocycles. The molecule has 3 atom stereocenters. The number of aromatic hydroxyl groups is 1. The Balaban J connectivity index is 1.29. The van der Waals surface area contributed by atoms with E-state index in [2.05, 4.69) is 59.9 Å². The van der Waals surface area contributed by atoms with E-state index in [-0.39, 0.29) is 11.9 Å². The van der Waals surface area contributed by atoms with E-state index in [0.717, 1.165) is 69.6 Å². The molecule has 2 aliphatic rings. The minimum atomic E-state index is -0.323. The van der Waals surface area contributed by atoms with Crippen LogP contribution < -0.4 is 9.47 Å². The average Bonchev–Trinajstić information content (AvgIpc) is 3.64. The van der Waals surface area contributed by atoms with Crippen molar-refractivity contribution in [1.29, 1.82) is 0 Å². The summed E-state index contributed by atoms with van der Waals surface area (Å²) in [6.07, 6.45) is 4.45. The first-order valence-corrected chi connectivity index (χ1v) is 13.7. The number of nitrogens with zero attached hydrogens (tertiary/aromatic N) is 2. The van der Waals surface area contributed by atoms with Crippen LogP contribution in [0.4, 0.5) is 0 Å². The number of likely N-dealkylation sites (tertiary alicyclic amines) is 1. The first-order chi connectivity index (χ1) is 19.0. The van der Waals surface area contributed by atoms with Crippen molar-refractivity contribution >= 4 is 11.1 Å². The van der Waals surface area contributed by atoms with Gasteiger partial charge in [0.25, 0.3) is 0 Å². The van der Waals surface area contributed by atoms with Crippen molar-refractivity contribution < 1.29 is 14.6 Å². The predicted molar refractivity (Wildman–Crippen MR) is 155 cm³/mol. The molecule has 0 saturated carbocycles. The molecule has 39 heavy (non-hydrogen) atoms. The zero-order valence-electron chi connectivity index (χ0n) is 22.7. The van der Waals surface area contributed by atoms with E-state index in [1.807, 2.05) is 36.5 Å². The zero-order valence-corrected chi connectivity index (χ0v) is 22.7. The van der Waals surface area contributed by atoms with Crippen molar-refractivity contribution in [3.05, 3.63) is 95.9 Å². The molecule has 6 rings (SSSR count). The first kappa shape index (κ1) is 25.3. The van der Waals surface area contributed by atoms with Gasteiger partial charge in [0.2, 0.25) is 0 Å². The van der Waals surface area contributed by atoms with Gasteiger partial charge in [0.15, 0.2) is 0 Å². The minimum Gasteiger partial charge on any atom is -0.508 e. The molecule has 0 spiro atoms. The van der Waals surface area contributed by atoms with Gasteiger partial charge in [-0.1, -0.05) is 31.2 Å². The van der Waals surface area contributed by atoms with Crippen molar-refractivity contribution in [3.63, 3.8) is 0 Å². The van der Waals surface area contributed by atoms with Gasteiger partial charge >= 0.3 is 0 Å². The summed E-state index contributed by atoms with van der Waals surface area (Å²) in [5.74, 6) is 2.69. The number of H-pyrrole nitrogens is 1. The van der Waals surface area contributed by atoms with Gasteiger partial charge in [-0.3, -0.25) is 4.90 Å². The third-order valence-corrected chi connectivity index (χ3v) is 8.01. The summed E-state index contributed by atoms with van der Waals surface area (Å²) >= 11 is 0. The summed E-state index contributed by atoms with van der Waals surface area (Å²) in [6.45, 7) is 9.66. The standard InChI is InChI=1S/C33H35N3O3/c1-21-13-14-36(18-21)22(2)19-38-28-10-7-24(8-11-28)33-32(26-5-4-6-27(37)15-26)23(3)29-16-25(9-12-31(29)39-33)30-17-34-20-35-30/h4-12,15-17,20-22,33,37H,13-14,18-19H2,1-3H3,(H,34,35)/t21-,22+,33?/m1/s1.